The van der Waals surface area contributed by atoms with Crippen LogP contribution >= 0.6 is 0 Å². The molecule has 104 valence electrons. The van der Waals surface area contributed by atoms with Gasteiger partial charge in [0, 0.05) is 5.92 Å². The molecule has 3 aromatic rings. The zero-order valence-corrected chi connectivity index (χ0v) is 11.8. The summed E-state index contributed by atoms with van der Waals surface area (Å²) in [5.74, 6) is -0.833. The summed E-state index contributed by atoms with van der Waals surface area (Å²) in [5, 5.41) is 11.7. The minimum absolute atomic E-state index is 0.0434. The van der Waals surface area contributed by atoms with Crippen molar-refractivity contribution in [2.75, 3.05) is 0 Å². The van der Waals surface area contributed by atoms with E-state index in [-0.39, 0.29) is 5.92 Å². The first-order chi connectivity index (χ1) is 10.2. The summed E-state index contributed by atoms with van der Waals surface area (Å²) in [4.78, 5) is 11.4. The molecule has 0 heterocycles. The van der Waals surface area contributed by atoms with Crippen molar-refractivity contribution < 1.29 is 9.90 Å². The molecule has 0 saturated carbocycles. The number of carboxylic acid groups (broad SMARTS) is 1. The molecule has 0 unspecified atom stereocenters. The number of fused-ring (bicyclic) bond motifs is 1. The number of rotatable bonds is 3. The molecule has 0 spiro atoms. The Bertz CT molecular complexity index is 805. The van der Waals surface area contributed by atoms with Gasteiger partial charge in [-0.1, -0.05) is 67.6 Å². The van der Waals surface area contributed by atoms with E-state index in [0.717, 1.165) is 11.1 Å². The molecule has 0 saturated heterocycles. The van der Waals surface area contributed by atoms with Gasteiger partial charge in [0.15, 0.2) is 0 Å². The lowest BCUT2D eigenvalue weighted by molar-refractivity contribution is 0.0695. The Morgan fingerprint density at radius 2 is 1.57 bits per heavy atom. The molecule has 0 amide bonds. The van der Waals surface area contributed by atoms with E-state index in [0.29, 0.717) is 5.56 Å². The fourth-order valence-corrected chi connectivity index (χ4v) is 2.73. The van der Waals surface area contributed by atoms with E-state index in [1.54, 1.807) is 12.1 Å². The molecule has 2 heteroatoms. The van der Waals surface area contributed by atoms with Gasteiger partial charge < -0.3 is 5.11 Å². The Hall–Kier alpha value is -2.61. The van der Waals surface area contributed by atoms with Crippen molar-refractivity contribution in [1.29, 1.82) is 0 Å². The first kappa shape index (κ1) is 13.4. The van der Waals surface area contributed by atoms with E-state index in [1.165, 1.54) is 10.8 Å². The van der Waals surface area contributed by atoms with Gasteiger partial charge in [0.2, 0.25) is 0 Å². The second kappa shape index (κ2) is 5.41. The van der Waals surface area contributed by atoms with Crippen LogP contribution in [0.2, 0.25) is 0 Å². The van der Waals surface area contributed by atoms with Crippen molar-refractivity contribution >= 4 is 16.7 Å². The summed E-state index contributed by atoms with van der Waals surface area (Å²) in [6, 6.07) is 21.7. The number of hydrogen-bond donors (Lipinski definition) is 1. The van der Waals surface area contributed by atoms with E-state index in [1.807, 2.05) is 31.2 Å². The predicted octanol–water partition coefficient (Wildman–Crippen LogP) is 4.69. The van der Waals surface area contributed by atoms with Gasteiger partial charge in [-0.3, -0.25) is 0 Å². The molecule has 3 aromatic carbocycles. The third-order valence-corrected chi connectivity index (χ3v) is 3.93. The van der Waals surface area contributed by atoms with Crippen molar-refractivity contribution in [1.82, 2.24) is 0 Å². The van der Waals surface area contributed by atoms with Crippen molar-refractivity contribution in [2.45, 2.75) is 12.8 Å². The SMILES string of the molecule is C[C@@H](c1ccc2ccccc2c1)c1ccccc1C(=O)O. The number of carbonyl (C=O) groups is 1. The van der Waals surface area contributed by atoms with Crippen LogP contribution in [0.3, 0.4) is 0 Å². The lowest BCUT2D eigenvalue weighted by atomic mass is 9.88. The molecule has 1 N–H and O–H groups in total. The van der Waals surface area contributed by atoms with Gasteiger partial charge in [0.1, 0.15) is 0 Å². The quantitative estimate of drug-likeness (QED) is 0.753. The van der Waals surface area contributed by atoms with Crippen molar-refractivity contribution in [3.63, 3.8) is 0 Å². The molecule has 0 aliphatic rings. The first-order valence-corrected chi connectivity index (χ1v) is 6.98. The Morgan fingerprint density at radius 3 is 2.33 bits per heavy atom. The highest BCUT2D eigenvalue weighted by Gasteiger charge is 2.16. The lowest BCUT2D eigenvalue weighted by Crippen LogP contribution is -2.06. The maximum atomic E-state index is 11.4. The third-order valence-electron chi connectivity index (χ3n) is 3.93. The van der Waals surface area contributed by atoms with Gasteiger partial charge in [0.05, 0.1) is 5.56 Å². The Balaban J connectivity index is 2.08. The minimum atomic E-state index is -0.877. The maximum Gasteiger partial charge on any atom is 0.335 e. The molecule has 2 nitrogen and oxygen atoms in total. The number of carboxylic acids is 1. The van der Waals surface area contributed by atoms with Gasteiger partial charge in [-0.05, 0) is 28.0 Å². The Labute approximate surface area is 123 Å². The minimum Gasteiger partial charge on any atom is -0.478 e. The summed E-state index contributed by atoms with van der Waals surface area (Å²) < 4.78 is 0. The van der Waals surface area contributed by atoms with Crippen LogP contribution in [0.5, 0.6) is 0 Å². The fourth-order valence-electron chi connectivity index (χ4n) is 2.73. The van der Waals surface area contributed by atoms with Crippen LogP contribution in [-0.2, 0) is 0 Å². The number of benzene rings is 3. The Morgan fingerprint density at radius 1 is 0.905 bits per heavy atom. The van der Waals surface area contributed by atoms with Gasteiger partial charge in [-0.2, -0.15) is 0 Å². The smallest absolute Gasteiger partial charge is 0.335 e. The largest absolute Gasteiger partial charge is 0.478 e. The normalized spacial score (nSPS) is 12.2. The van der Waals surface area contributed by atoms with Crippen LogP contribution < -0.4 is 0 Å². The summed E-state index contributed by atoms with van der Waals surface area (Å²) in [7, 11) is 0. The molecule has 0 fully saturated rings. The molecule has 0 radical (unpaired) electrons. The van der Waals surface area contributed by atoms with Gasteiger partial charge in [-0.15, -0.1) is 0 Å². The van der Waals surface area contributed by atoms with Crippen molar-refractivity contribution in [3.8, 4) is 0 Å². The van der Waals surface area contributed by atoms with Crippen molar-refractivity contribution in [3.05, 3.63) is 83.4 Å². The fraction of sp³-hybridized carbons (Fsp3) is 0.105. The monoisotopic (exact) mass is 276 g/mol. The van der Waals surface area contributed by atoms with Crippen LogP contribution in [0, 0.1) is 0 Å². The zero-order valence-electron chi connectivity index (χ0n) is 11.8. The summed E-state index contributed by atoms with van der Waals surface area (Å²) in [5.41, 5.74) is 2.35. The average molecular weight is 276 g/mol. The second-order valence-electron chi connectivity index (χ2n) is 5.22. The molecule has 0 aromatic heterocycles. The first-order valence-electron chi connectivity index (χ1n) is 6.98. The van der Waals surface area contributed by atoms with Crippen LogP contribution in [0.25, 0.3) is 10.8 Å². The van der Waals surface area contributed by atoms with E-state index < -0.39 is 5.97 Å². The third kappa shape index (κ3) is 2.52. The molecule has 3 rings (SSSR count). The average Bonchev–Trinajstić information content (AvgIpc) is 2.53. The van der Waals surface area contributed by atoms with Crippen LogP contribution in [0.1, 0.15) is 34.3 Å². The van der Waals surface area contributed by atoms with Gasteiger partial charge >= 0.3 is 5.97 Å². The number of aromatic carboxylic acids is 1. The standard InChI is InChI=1S/C19H16O2/c1-13(17-8-4-5-9-18(17)19(20)21)15-11-10-14-6-2-3-7-16(14)12-15/h2-13H,1H3,(H,20,21)/t13-/m0/s1. The summed E-state index contributed by atoms with van der Waals surface area (Å²) in [6.07, 6.45) is 0. The highest BCUT2D eigenvalue weighted by Crippen LogP contribution is 2.29. The second-order valence-corrected chi connectivity index (χ2v) is 5.22. The van der Waals surface area contributed by atoms with Crippen molar-refractivity contribution in [2.24, 2.45) is 0 Å². The number of hydrogen-bond acceptors (Lipinski definition) is 1. The van der Waals surface area contributed by atoms with E-state index in [4.69, 9.17) is 0 Å². The molecular weight excluding hydrogens is 260 g/mol. The topological polar surface area (TPSA) is 37.3 Å². The highest BCUT2D eigenvalue weighted by atomic mass is 16.4. The maximum absolute atomic E-state index is 11.4. The van der Waals surface area contributed by atoms with Gasteiger partial charge in [-0.25, -0.2) is 4.79 Å². The van der Waals surface area contributed by atoms with E-state index >= 15 is 0 Å². The van der Waals surface area contributed by atoms with E-state index in [9.17, 15) is 9.90 Å². The summed E-state index contributed by atoms with van der Waals surface area (Å²) in [6.45, 7) is 2.05. The van der Waals surface area contributed by atoms with Crippen LogP contribution in [-0.4, -0.2) is 11.1 Å². The highest BCUT2D eigenvalue weighted by molar-refractivity contribution is 5.90. The van der Waals surface area contributed by atoms with Crippen LogP contribution in [0.15, 0.2) is 66.7 Å². The zero-order chi connectivity index (χ0) is 14.8. The molecule has 0 aliphatic carbocycles. The Kier molecular flexibility index (Phi) is 3.44. The molecule has 1 atom stereocenters. The molecule has 21 heavy (non-hydrogen) atoms. The molecular formula is C19H16O2. The van der Waals surface area contributed by atoms with Crippen LogP contribution in [0.4, 0.5) is 0 Å². The van der Waals surface area contributed by atoms with Gasteiger partial charge in [0.25, 0.3) is 0 Å². The van der Waals surface area contributed by atoms with E-state index in [2.05, 4.69) is 30.3 Å². The molecule has 0 bridgehead atoms. The predicted molar refractivity (Wildman–Crippen MR) is 84.9 cm³/mol. The lowest BCUT2D eigenvalue weighted by Gasteiger charge is -2.15. The summed E-state index contributed by atoms with van der Waals surface area (Å²) >= 11 is 0. The molecule has 0 aliphatic heterocycles.